The first kappa shape index (κ1) is 24.4. The number of nitrogens with zero attached hydrogens (tertiary/aromatic N) is 2. The summed E-state index contributed by atoms with van der Waals surface area (Å²) in [4.78, 5) is 2.46. The predicted octanol–water partition coefficient (Wildman–Crippen LogP) is 7.04. The lowest BCUT2D eigenvalue weighted by atomic mass is 9.66. The number of hydrogen-bond donors (Lipinski definition) is 0. The summed E-state index contributed by atoms with van der Waals surface area (Å²) in [5.41, 5.74) is 0.205. The standard InChI is InChI=1S/C28H36F2N2/c1-3-19-32(20-17-23-10-5-4-6-11-23)22(2)16-18-28(21-31,24-12-7-8-13-24)27-25(29)14-9-15-26(27)30/h4-6,9-11,14-15,22,24H,3,7-8,12-13,16-20H2,1-2H3. The second-order valence-electron chi connectivity index (χ2n) is 9.32. The Morgan fingerprint density at radius 3 is 2.28 bits per heavy atom. The molecule has 1 aliphatic rings. The molecule has 1 fully saturated rings. The van der Waals surface area contributed by atoms with Gasteiger partial charge in [0.05, 0.1) is 11.5 Å². The molecular formula is C28H36F2N2. The van der Waals surface area contributed by atoms with Gasteiger partial charge in [0.25, 0.3) is 0 Å². The molecule has 0 aliphatic heterocycles. The fraction of sp³-hybridized carbons (Fsp3) is 0.536. The van der Waals surface area contributed by atoms with Gasteiger partial charge < -0.3 is 4.90 Å². The van der Waals surface area contributed by atoms with Gasteiger partial charge in [-0.15, -0.1) is 0 Å². The zero-order valence-corrected chi connectivity index (χ0v) is 19.5. The Hall–Kier alpha value is -2.25. The van der Waals surface area contributed by atoms with Gasteiger partial charge in [0.1, 0.15) is 11.6 Å². The molecule has 1 saturated carbocycles. The van der Waals surface area contributed by atoms with Crippen molar-refractivity contribution in [3.63, 3.8) is 0 Å². The average Bonchev–Trinajstić information content (AvgIpc) is 3.34. The van der Waals surface area contributed by atoms with Crippen LogP contribution in [0.5, 0.6) is 0 Å². The number of hydrogen-bond acceptors (Lipinski definition) is 2. The van der Waals surface area contributed by atoms with E-state index in [-0.39, 0.29) is 17.5 Å². The third kappa shape index (κ3) is 5.56. The van der Waals surface area contributed by atoms with E-state index in [1.165, 1.54) is 23.8 Å². The molecule has 2 atom stereocenters. The van der Waals surface area contributed by atoms with Gasteiger partial charge in [0.15, 0.2) is 0 Å². The summed E-state index contributed by atoms with van der Waals surface area (Å²) >= 11 is 0. The van der Waals surface area contributed by atoms with E-state index in [0.29, 0.717) is 6.42 Å². The second-order valence-corrected chi connectivity index (χ2v) is 9.32. The Balaban J connectivity index is 1.79. The molecule has 0 saturated heterocycles. The third-order valence-corrected chi connectivity index (χ3v) is 7.28. The maximum Gasteiger partial charge on any atom is 0.130 e. The van der Waals surface area contributed by atoms with Crippen molar-refractivity contribution in [2.24, 2.45) is 5.92 Å². The molecule has 0 bridgehead atoms. The normalized spacial score (nSPS) is 17.2. The molecule has 4 heteroatoms. The van der Waals surface area contributed by atoms with Gasteiger partial charge in [-0.25, -0.2) is 8.78 Å². The van der Waals surface area contributed by atoms with Crippen LogP contribution < -0.4 is 0 Å². The lowest BCUT2D eigenvalue weighted by molar-refractivity contribution is 0.182. The van der Waals surface area contributed by atoms with Crippen LogP contribution in [0, 0.1) is 28.9 Å². The maximum absolute atomic E-state index is 14.9. The van der Waals surface area contributed by atoms with Crippen LogP contribution in [0.4, 0.5) is 8.78 Å². The van der Waals surface area contributed by atoms with Crippen molar-refractivity contribution in [2.75, 3.05) is 13.1 Å². The highest BCUT2D eigenvalue weighted by atomic mass is 19.1. The van der Waals surface area contributed by atoms with Crippen molar-refractivity contribution in [3.8, 4) is 6.07 Å². The first-order valence-corrected chi connectivity index (χ1v) is 12.2. The molecule has 0 N–H and O–H groups in total. The minimum Gasteiger partial charge on any atom is -0.300 e. The van der Waals surface area contributed by atoms with Gasteiger partial charge in [0.2, 0.25) is 0 Å². The first-order valence-electron chi connectivity index (χ1n) is 12.2. The molecule has 0 spiro atoms. The first-order chi connectivity index (χ1) is 15.5. The monoisotopic (exact) mass is 438 g/mol. The van der Waals surface area contributed by atoms with Crippen LogP contribution in [0.3, 0.4) is 0 Å². The topological polar surface area (TPSA) is 27.0 Å². The Morgan fingerprint density at radius 1 is 1.03 bits per heavy atom. The molecule has 2 aromatic rings. The molecule has 2 aromatic carbocycles. The number of halogens is 2. The number of rotatable bonds is 11. The fourth-order valence-electron chi connectivity index (χ4n) is 5.46. The number of nitriles is 1. The van der Waals surface area contributed by atoms with Gasteiger partial charge in [-0.1, -0.05) is 56.2 Å². The van der Waals surface area contributed by atoms with Crippen LogP contribution in [-0.2, 0) is 11.8 Å². The molecule has 0 aromatic heterocycles. The summed E-state index contributed by atoms with van der Waals surface area (Å²) in [5.74, 6) is -1.16. The summed E-state index contributed by atoms with van der Waals surface area (Å²) in [6.07, 6.45) is 7.03. The quantitative estimate of drug-likeness (QED) is 0.376. The Labute approximate surface area is 192 Å². The predicted molar refractivity (Wildman–Crippen MR) is 126 cm³/mol. The summed E-state index contributed by atoms with van der Waals surface area (Å²) in [6.45, 7) is 6.28. The van der Waals surface area contributed by atoms with E-state index in [1.54, 1.807) is 0 Å². The Morgan fingerprint density at radius 2 is 1.69 bits per heavy atom. The molecule has 0 radical (unpaired) electrons. The van der Waals surface area contributed by atoms with Gasteiger partial charge in [-0.2, -0.15) is 5.26 Å². The Kier molecular flexibility index (Phi) is 8.82. The van der Waals surface area contributed by atoms with Crippen molar-refractivity contribution in [1.29, 1.82) is 5.26 Å². The van der Waals surface area contributed by atoms with E-state index in [2.05, 4.69) is 49.1 Å². The largest absolute Gasteiger partial charge is 0.300 e. The van der Waals surface area contributed by atoms with Gasteiger partial charge in [0, 0.05) is 18.2 Å². The highest BCUT2D eigenvalue weighted by Crippen LogP contribution is 2.47. The van der Waals surface area contributed by atoms with Crippen molar-refractivity contribution in [3.05, 3.63) is 71.3 Å². The van der Waals surface area contributed by atoms with Crippen molar-refractivity contribution >= 4 is 0 Å². The zero-order valence-electron chi connectivity index (χ0n) is 19.5. The highest BCUT2D eigenvalue weighted by molar-refractivity contribution is 5.36. The fourth-order valence-corrected chi connectivity index (χ4v) is 5.46. The molecule has 172 valence electrons. The van der Waals surface area contributed by atoms with Gasteiger partial charge >= 0.3 is 0 Å². The molecule has 1 aliphatic carbocycles. The van der Waals surface area contributed by atoms with Crippen LogP contribution in [0.2, 0.25) is 0 Å². The molecule has 0 amide bonds. The molecule has 0 heterocycles. The highest BCUT2D eigenvalue weighted by Gasteiger charge is 2.45. The van der Waals surface area contributed by atoms with Crippen LogP contribution in [0.1, 0.15) is 69.9 Å². The van der Waals surface area contributed by atoms with Crippen molar-refractivity contribution in [1.82, 2.24) is 4.90 Å². The van der Waals surface area contributed by atoms with Gasteiger partial charge in [-0.05, 0) is 75.6 Å². The summed E-state index contributed by atoms with van der Waals surface area (Å²) < 4.78 is 29.8. The summed E-state index contributed by atoms with van der Waals surface area (Å²) in [7, 11) is 0. The second kappa shape index (κ2) is 11.6. The Bertz CT molecular complexity index is 866. The van der Waals surface area contributed by atoms with Crippen LogP contribution in [0.25, 0.3) is 0 Å². The van der Waals surface area contributed by atoms with Crippen molar-refractivity contribution < 1.29 is 8.78 Å². The molecular weight excluding hydrogens is 402 g/mol. The van der Waals surface area contributed by atoms with E-state index in [4.69, 9.17) is 0 Å². The maximum atomic E-state index is 14.9. The van der Waals surface area contributed by atoms with Crippen molar-refractivity contribution in [2.45, 2.75) is 76.7 Å². The average molecular weight is 439 g/mol. The van der Waals surface area contributed by atoms with E-state index >= 15 is 0 Å². The van der Waals surface area contributed by atoms with E-state index in [1.807, 2.05) is 6.07 Å². The number of benzene rings is 2. The summed E-state index contributed by atoms with van der Waals surface area (Å²) in [5, 5.41) is 10.3. The SMILES string of the molecule is CCCN(CCc1ccccc1)C(C)CCC(C#N)(c1c(F)cccc1F)C1CCCC1. The molecule has 3 rings (SSSR count). The zero-order chi connectivity index (χ0) is 23.0. The van der Waals surface area contributed by atoms with Crippen LogP contribution in [0.15, 0.2) is 48.5 Å². The van der Waals surface area contributed by atoms with Crippen LogP contribution in [-0.4, -0.2) is 24.0 Å². The van der Waals surface area contributed by atoms with E-state index in [0.717, 1.165) is 58.0 Å². The lowest BCUT2D eigenvalue weighted by Gasteiger charge is -2.36. The minimum atomic E-state index is -1.10. The van der Waals surface area contributed by atoms with E-state index in [9.17, 15) is 14.0 Å². The van der Waals surface area contributed by atoms with Crippen LogP contribution >= 0.6 is 0 Å². The smallest absolute Gasteiger partial charge is 0.130 e. The summed E-state index contributed by atoms with van der Waals surface area (Å²) in [6, 6.07) is 17.1. The molecule has 32 heavy (non-hydrogen) atoms. The molecule has 2 unspecified atom stereocenters. The van der Waals surface area contributed by atoms with Gasteiger partial charge in [-0.3, -0.25) is 0 Å². The minimum absolute atomic E-state index is 0.00655. The van der Waals surface area contributed by atoms with E-state index < -0.39 is 17.0 Å². The molecule has 2 nitrogen and oxygen atoms in total. The third-order valence-electron chi connectivity index (χ3n) is 7.28. The lowest BCUT2D eigenvalue weighted by Crippen LogP contribution is -2.40.